The second-order valence-electron chi connectivity index (χ2n) is 4.49. The van der Waals surface area contributed by atoms with E-state index in [1.807, 2.05) is 0 Å². The normalized spacial score (nSPS) is 16.0. The highest BCUT2D eigenvalue weighted by Gasteiger charge is 2.36. The first-order valence-electron chi connectivity index (χ1n) is 6.35. The fourth-order valence-corrected chi connectivity index (χ4v) is 2.61. The van der Waals surface area contributed by atoms with Crippen LogP contribution in [0.25, 0.3) is 6.08 Å². The van der Waals surface area contributed by atoms with Gasteiger partial charge in [-0.05, 0) is 35.5 Å². The number of ether oxygens (including phenoxy) is 1. The minimum atomic E-state index is -1.27. The molecule has 0 unspecified atom stereocenters. The fourth-order valence-electron chi connectivity index (χ4n) is 1.77. The first kappa shape index (κ1) is 16.6. The van der Waals surface area contributed by atoms with Crippen LogP contribution in [-0.4, -0.2) is 46.2 Å². The molecule has 120 valence electrons. The van der Waals surface area contributed by atoms with Crippen molar-refractivity contribution in [3.05, 3.63) is 34.7 Å². The first-order chi connectivity index (χ1) is 10.9. The van der Waals surface area contributed by atoms with Gasteiger partial charge in [-0.1, -0.05) is 12.1 Å². The lowest BCUT2D eigenvalue weighted by Crippen LogP contribution is -2.33. The molecule has 0 saturated carbocycles. The smallest absolute Gasteiger partial charge is 0.323 e. The molecule has 9 heteroatoms. The van der Waals surface area contributed by atoms with Gasteiger partial charge in [-0.3, -0.25) is 24.1 Å². The van der Waals surface area contributed by atoms with Crippen LogP contribution >= 0.6 is 11.8 Å². The van der Waals surface area contributed by atoms with E-state index in [-0.39, 0.29) is 11.5 Å². The van der Waals surface area contributed by atoms with Crippen LogP contribution in [0.1, 0.15) is 5.56 Å². The van der Waals surface area contributed by atoms with Crippen molar-refractivity contribution in [2.75, 3.05) is 13.2 Å². The van der Waals surface area contributed by atoms with Crippen molar-refractivity contribution in [1.29, 1.82) is 0 Å². The molecule has 0 aromatic heterocycles. The molecule has 1 fully saturated rings. The summed E-state index contributed by atoms with van der Waals surface area (Å²) in [5.41, 5.74) is 5.55. The zero-order valence-electron chi connectivity index (χ0n) is 11.7. The van der Waals surface area contributed by atoms with Crippen LogP contribution in [-0.2, 0) is 14.4 Å². The van der Waals surface area contributed by atoms with E-state index in [9.17, 15) is 19.2 Å². The lowest BCUT2D eigenvalue weighted by molar-refractivity contribution is -0.140. The standard InChI is InChI=1S/C14H12N2O6S/c15-11(17)7-22-9-3-1-2-8(4-9)5-10-13(20)16(6-12(18)19)14(21)23-10/h1-5H,6-7H2,(H2,15,17)(H,18,19)/b10-5-. The number of hydrogen-bond acceptors (Lipinski definition) is 6. The van der Waals surface area contributed by atoms with Crippen LogP contribution in [0.15, 0.2) is 29.2 Å². The van der Waals surface area contributed by atoms with E-state index in [2.05, 4.69) is 0 Å². The quantitative estimate of drug-likeness (QED) is 0.731. The van der Waals surface area contributed by atoms with Crippen molar-refractivity contribution < 1.29 is 29.0 Å². The predicted octanol–water partition coefficient (Wildman–Crippen LogP) is 0.672. The third kappa shape index (κ3) is 4.33. The number of carboxylic acid groups (broad SMARTS) is 1. The van der Waals surface area contributed by atoms with Gasteiger partial charge in [-0.15, -0.1) is 0 Å². The van der Waals surface area contributed by atoms with Gasteiger partial charge < -0.3 is 15.6 Å². The number of carbonyl (C=O) groups is 4. The summed E-state index contributed by atoms with van der Waals surface area (Å²) in [5, 5.41) is 8.06. The Morgan fingerprint density at radius 3 is 2.74 bits per heavy atom. The Balaban J connectivity index is 2.17. The minimum absolute atomic E-state index is 0.114. The van der Waals surface area contributed by atoms with Crippen molar-refractivity contribution in [1.82, 2.24) is 4.90 Å². The van der Waals surface area contributed by atoms with E-state index in [1.54, 1.807) is 24.3 Å². The summed E-state index contributed by atoms with van der Waals surface area (Å²) in [6.07, 6.45) is 1.45. The zero-order valence-corrected chi connectivity index (χ0v) is 12.5. The average molecular weight is 336 g/mol. The van der Waals surface area contributed by atoms with Crippen LogP contribution in [0.3, 0.4) is 0 Å². The number of thioether (sulfide) groups is 1. The number of benzene rings is 1. The second kappa shape index (κ2) is 6.97. The van der Waals surface area contributed by atoms with Crippen molar-refractivity contribution >= 4 is 40.9 Å². The maximum Gasteiger partial charge on any atom is 0.323 e. The largest absolute Gasteiger partial charge is 0.484 e. The van der Waals surface area contributed by atoms with Crippen LogP contribution in [0.5, 0.6) is 5.75 Å². The third-order valence-corrected chi connectivity index (χ3v) is 3.61. The number of carboxylic acids is 1. The first-order valence-corrected chi connectivity index (χ1v) is 7.17. The summed E-state index contributed by atoms with van der Waals surface area (Å²) < 4.78 is 5.14. The van der Waals surface area contributed by atoms with Gasteiger partial charge in [0, 0.05) is 0 Å². The Morgan fingerprint density at radius 2 is 2.09 bits per heavy atom. The second-order valence-corrected chi connectivity index (χ2v) is 5.48. The number of imide groups is 1. The molecular weight excluding hydrogens is 324 g/mol. The molecule has 23 heavy (non-hydrogen) atoms. The molecule has 1 aromatic rings. The molecule has 1 heterocycles. The average Bonchev–Trinajstić information content (AvgIpc) is 2.73. The summed E-state index contributed by atoms with van der Waals surface area (Å²) in [5.74, 6) is -2.17. The molecule has 0 radical (unpaired) electrons. The van der Waals surface area contributed by atoms with Crippen molar-refractivity contribution in [2.45, 2.75) is 0 Å². The maximum absolute atomic E-state index is 12.0. The van der Waals surface area contributed by atoms with E-state index in [4.69, 9.17) is 15.6 Å². The topological polar surface area (TPSA) is 127 Å². The van der Waals surface area contributed by atoms with Gasteiger partial charge in [0.25, 0.3) is 17.1 Å². The Labute approximate surface area is 134 Å². The van der Waals surface area contributed by atoms with Gasteiger partial charge in [0.1, 0.15) is 12.3 Å². The number of nitrogens with zero attached hydrogens (tertiary/aromatic N) is 1. The number of aliphatic carboxylic acids is 1. The highest BCUT2D eigenvalue weighted by Crippen LogP contribution is 2.32. The molecule has 0 spiro atoms. The Kier molecular flexibility index (Phi) is 5.02. The van der Waals surface area contributed by atoms with Crippen molar-refractivity contribution in [3.8, 4) is 5.75 Å². The highest BCUT2D eigenvalue weighted by molar-refractivity contribution is 8.18. The highest BCUT2D eigenvalue weighted by atomic mass is 32.2. The SMILES string of the molecule is NC(=O)COc1cccc(/C=C2\SC(=O)N(CC(=O)O)C2=O)c1. The number of nitrogens with two attached hydrogens (primary N) is 1. The molecule has 1 saturated heterocycles. The molecule has 1 aliphatic rings. The Hall–Kier alpha value is -2.81. The molecule has 1 aromatic carbocycles. The predicted molar refractivity (Wildman–Crippen MR) is 81.4 cm³/mol. The molecule has 0 aliphatic carbocycles. The molecule has 8 nitrogen and oxygen atoms in total. The summed E-state index contributed by atoms with van der Waals surface area (Å²) in [6, 6.07) is 6.48. The fraction of sp³-hybridized carbons (Fsp3) is 0.143. The lowest BCUT2D eigenvalue weighted by Gasteiger charge is -2.07. The number of amides is 3. The Morgan fingerprint density at radius 1 is 1.35 bits per heavy atom. The number of hydrogen-bond donors (Lipinski definition) is 2. The molecule has 2 rings (SSSR count). The molecule has 1 aliphatic heterocycles. The van der Waals surface area contributed by atoms with Gasteiger partial charge in [-0.2, -0.15) is 0 Å². The van der Waals surface area contributed by atoms with E-state index < -0.39 is 29.6 Å². The maximum atomic E-state index is 12.0. The lowest BCUT2D eigenvalue weighted by atomic mass is 10.2. The van der Waals surface area contributed by atoms with Gasteiger partial charge >= 0.3 is 5.97 Å². The number of primary amides is 1. The van der Waals surface area contributed by atoms with E-state index in [1.165, 1.54) is 6.08 Å². The summed E-state index contributed by atoms with van der Waals surface area (Å²) in [4.78, 5) is 45.8. The molecular formula is C14H12N2O6S. The molecule has 3 N–H and O–H groups in total. The molecule has 0 atom stereocenters. The van der Waals surface area contributed by atoms with Crippen molar-refractivity contribution in [3.63, 3.8) is 0 Å². The van der Waals surface area contributed by atoms with Gasteiger partial charge in [0.2, 0.25) is 0 Å². The van der Waals surface area contributed by atoms with E-state index in [0.717, 1.165) is 0 Å². The summed E-state index contributed by atoms with van der Waals surface area (Å²) >= 11 is 0.663. The van der Waals surface area contributed by atoms with Gasteiger partial charge in [-0.25, -0.2) is 0 Å². The third-order valence-electron chi connectivity index (χ3n) is 2.70. The van der Waals surface area contributed by atoms with Gasteiger partial charge in [0.15, 0.2) is 6.61 Å². The zero-order chi connectivity index (χ0) is 17.0. The van der Waals surface area contributed by atoms with Crippen LogP contribution in [0, 0.1) is 0 Å². The minimum Gasteiger partial charge on any atom is -0.484 e. The summed E-state index contributed by atoms with van der Waals surface area (Å²) in [7, 11) is 0. The van der Waals surface area contributed by atoms with Gasteiger partial charge in [0.05, 0.1) is 4.91 Å². The molecule has 0 bridgehead atoms. The summed E-state index contributed by atoms with van der Waals surface area (Å²) in [6.45, 7) is -0.956. The van der Waals surface area contributed by atoms with Crippen LogP contribution in [0.2, 0.25) is 0 Å². The van der Waals surface area contributed by atoms with E-state index in [0.29, 0.717) is 28.0 Å². The number of carbonyl (C=O) groups excluding carboxylic acids is 3. The van der Waals surface area contributed by atoms with Crippen molar-refractivity contribution in [2.24, 2.45) is 5.73 Å². The van der Waals surface area contributed by atoms with Crippen LogP contribution in [0.4, 0.5) is 4.79 Å². The number of rotatable bonds is 6. The Bertz CT molecular complexity index is 715. The molecule has 3 amide bonds. The monoisotopic (exact) mass is 336 g/mol. The van der Waals surface area contributed by atoms with Crippen LogP contribution < -0.4 is 10.5 Å². The van der Waals surface area contributed by atoms with E-state index >= 15 is 0 Å².